The highest BCUT2D eigenvalue weighted by Crippen LogP contribution is 2.42. The van der Waals surface area contributed by atoms with Crippen molar-refractivity contribution in [1.29, 1.82) is 0 Å². The molecule has 1 aliphatic rings. The Morgan fingerprint density at radius 2 is 1.46 bits per heavy atom. The molecule has 1 atom stereocenters. The molecule has 1 unspecified atom stereocenters. The number of pyridine rings is 2. The molecule has 1 aliphatic heterocycles. The first-order chi connectivity index (χ1) is 13.6. The number of aliphatic hydroxyl groups is 1. The van der Waals surface area contributed by atoms with Crippen LogP contribution >= 0.6 is 11.6 Å². The van der Waals surface area contributed by atoms with Crippen molar-refractivity contribution in [2.75, 3.05) is 4.90 Å². The van der Waals surface area contributed by atoms with E-state index in [9.17, 15) is 14.7 Å². The molecule has 0 bridgehead atoms. The van der Waals surface area contributed by atoms with Gasteiger partial charge >= 0.3 is 0 Å². The van der Waals surface area contributed by atoms with Crippen molar-refractivity contribution in [3.63, 3.8) is 0 Å². The fraction of sp³-hybridized carbons (Fsp3) is 0.0476. The van der Waals surface area contributed by atoms with Crippen molar-refractivity contribution in [3.05, 3.63) is 95.0 Å². The van der Waals surface area contributed by atoms with Crippen molar-refractivity contribution in [1.82, 2.24) is 9.97 Å². The van der Waals surface area contributed by atoms with Crippen LogP contribution in [-0.4, -0.2) is 26.8 Å². The van der Waals surface area contributed by atoms with Crippen molar-refractivity contribution < 1.29 is 14.7 Å². The van der Waals surface area contributed by atoms with Crippen LogP contribution in [0.25, 0.3) is 5.76 Å². The average Bonchev–Trinajstić information content (AvgIpc) is 3.00. The van der Waals surface area contributed by atoms with Gasteiger partial charge < -0.3 is 5.11 Å². The van der Waals surface area contributed by atoms with Gasteiger partial charge in [-0.15, -0.1) is 0 Å². The fourth-order valence-electron chi connectivity index (χ4n) is 3.23. The highest BCUT2D eigenvalue weighted by atomic mass is 35.5. The van der Waals surface area contributed by atoms with Crippen molar-refractivity contribution in [2.45, 2.75) is 6.04 Å². The molecule has 0 aliphatic carbocycles. The van der Waals surface area contributed by atoms with Crippen LogP contribution in [0.1, 0.15) is 17.2 Å². The standard InChI is InChI=1S/C21H14ClN3O3/c22-15-1-3-16(4-2-15)25-18(13-5-9-23-10-6-13)17(20(27)21(25)28)19(26)14-7-11-24-12-8-14/h1-12,18,26H/b19-17-. The maximum atomic E-state index is 12.9. The number of halogens is 1. The number of carbonyl (C=O) groups is 2. The molecule has 4 rings (SSSR count). The lowest BCUT2D eigenvalue weighted by atomic mass is 9.96. The number of aliphatic hydroxyl groups excluding tert-OH is 1. The summed E-state index contributed by atoms with van der Waals surface area (Å²) in [5.41, 5.74) is 1.57. The Morgan fingerprint density at radius 1 is 0.893 bits per heavy atom. The minimum Gasteiger partial charge on any atom is -0.507 e. The SMILES string of the molecule is O=C1C(=O)N(c2ccc(Cl)cc2)C(c2ccncc2)/C1=C(/O)c1ccncc1. The predicted molar refractivity (Wildman–Crippen MR) is 105 cm³/mol. The molecular weight excluding hydrogens is 378 g/mol. The first-order valence-corrected chi connectivity index (χ1v) is 8.82. The zero-order chi connectivity index (χ0) is 19.7. The first kappa shape index (κ1) is 17.9. The van der Waals surface area contributed by atoms with Crippen LogP contribution < -0.4 is 4.90 Å². The molecule has 1 saturated heterocycles. The molecule has 0 radical (unpaired) electrons. The number of ketones is 1. The van der Waals surface area contributed by atoms with E-state index in [0.717, 1.165) is 0 Å². The minimum absolute atomic E-state index is 0.0114. The van der Waals surface area contributed by atoms with Crippen molar-refractivity contribution >= 4 is 34.7 Å². The van der Waals surface area contributed by atoms with Gasteiger partial charge in [0.1, 0.15) is 5.76 Å². The van der Waals surface area contributed by atoms with Gasteiger partial charge in [-0.2, -0.15) is 0 Å². The summed E-state index contributed by atoms with van der Waals surface area (Å²) in [6, 6.07) is 12.4. The Labute approximate surface area is 165 Å². The Kier molecular flexibility index (Phi) is 4.63. The van der Waals surface area contributed by atoms with Gasteiger partial charge in [0.05, 0.1) is 11.6 Å². The third-order valence-electron chi connectivity index (χ3n) is 4.52. The van der Waals surface area contributed by atoms with Gasteiger partial charge in [-0.25, -0.2) is 0 Å². The number of hydrogen-bond acceptors (Lipinski definition) is 5. The fourth-order valence-corrected chi connectivity index (χ4v) is 3.35. The number of rotatable bonds is 3. The van der Waals surface area contributed by atoms with Gasteiger partial charge in [-0.1, -0.05) is 11.6 Å². The molecule has 28 heavy (non-hydrogen) atoms. The molecule has 6 nitrogen and oxygen atoms in total. The summed E-state index contributed by atoms with van der Waals surface area (Å²) in [7, 11) is 0. The topological polar surface area (TPSA) is 83.4 Å². The van der Waals surface area contributed by atoms with Crippen LogP contribution in [0.4, 0.5) is 5.69 Å². The predicted octanol–water partition coefficient (Wildman–Crippen LogP) is 3.76. The van der Waals surface area contributed by atoms with E-state index in [1.54, 1.807) is 60.9 Å². The van der Waals surface area contributed by atoms with E-state index in [1.807, 2.05) is 0 Å². The lowest BCUT2D eigenvalue weighted by Crippen LogP contribution is -2.29. The molecule has 3 aromatic rings. The minimum atomic E-state index is -0.794. The van der Waals surface area contributed by atoms with Crippen LogP contribution in [0.3, 0.4) is 0 Å². The van der Waals surface area contributed by atoms with Gasteiger partial charge in [0.15, 0.2) is 0 Å². The maximum Gasteiger partial charge on any atom is 0.300 e. The van der Waals surface area contributed by atoms with E-state index in [2.05, 4.69) is 9.97 Å². The molecule has 1 amide bonds. The van der Waals surface area contributed by atoms with Crippen LogP contribution in [-0.2, 0) is 9.59 Å². The van der Waals surface area contributed by atoms with Crippen LogP contribution in [0.5, 0.6) is 0 Å². The Bertz CT molecular complexity index is 1070. The van der Waals surface area contributed by atoms with Crippen LogP contribution in [0.2, 0.25) is 5.02 Å². The summed E-state index contributed by atoms with van der Waals surface area (Å²) in [6.07, 6.45) is 6.16. The number of benzene rings is 1. The Hall–Kier alpha value is -3.51. The van der Waals surface area contributed by atoms with E-state index < -0.39 is 17.7 Å². The molecule has 1 aromatic carbocycles. The number of hydrogen-bond donors (Lipinski definition) is 1. The largest absolute Gasteiger partial charge is 0.507 e. The van der Waals surface area contributed by atoms with E-state index in [0.29, 0.717) is 21.8 Å². The average molecular weight is 392 g/mol. The molecule has 138 valence electrons. The lowest BCUT2D eigenvalue weighted by molar-refractivity contribution is -0.132. The van der Waals surface area contributed by atoms with Crippen molar-refractivity contribution in [3.8, 4) is 0 Å². The smallest absolute Gasteiger partial charge is 0.300 e. The van der Waals surface area contributed by atoms with Gasteiger partial charge in [-0.3, -0.25) is 24.5 Å². The summed E-state index contributed by atoms with van der Waals surface area (Å²) in [5, 5.41) is 11.4. The molecule has 3 heterocycles. The Morgan fingerprint density at radius 3 is 2.07 bits per heavy atom. The number of aromatic nitrogens is 2. The van der Waals surface area contributed by atoms with Gasteiger partial charge in [0.2, 0.25) is 0 Å². The highest BCUT2D eigenvalue weighted by Gasteiger charge is 2.46. The third kappa shape index (κ3) is 3.04. The molecule has 7 heteroatoms. The monoisotopic (exact) mass is 391 g/mol. The second kappa shape index (κ2) is 7.25. The molecule has 0 spiro atoms. The van der Waals surface area contributed by atoms with E-state index in [1.165, 1.54) is 17.3 Å². The number of Topliss-reactive ketones (excluding diaryl/α,β-unsaturated/α-hetero) is 1. The normalized spacial score (nSPS) is 18.5. The second-order valence-corrected chi connectivity index (χ2v) is 6.60. The second-order valence-electron chi connectivity index (χ2n) is 6.16. The summed E-state index contributed by atoms with van der Waals surface area (Å²) >= 11 is 5.96. The third-order valence-corrected chi connectivity index (χ3v) is 4.78. The zero-order valence-corrected chi connectivity index (χ0v) is 15.2. The summed E-state index contributed by atoms with van der Waals surface area (Å²) in [6.45, 7) is 0. The first-order valence-electron chi connectivity index (χ1n) is 8.45. The van der Waals surface area contributed by atoms with E-state index >= 15 is 0 Å². The van der Waals surface area contributed by atoms with Crippen LogP contribution in [0, 0.1) is 0 Å². The van der Waals surface area contributed by atoms with E-state index in [4.69, 9.17) is 11.6 Å². The highest BCUT2D eigenvalue weighted by molar-refractivity contribution is 6.51. The zero-order valence-electron chi connectivity index (χ0n) is 14.5. The van der Waals surface area contributed by atoms with Gasteiger partial charge in [0, 0.05) is 41.1 Å². The van der Waals surface area contributed by atoms with Crippen molar-refractivity contribution in [2.24, 2.45) is 0 Å². The summed E-state index contributed by atoms with van der Waals surface area (Å²) in [4.78, 5) is 35.1. The number of carbonyl (C=O) groups excluding carboxylic acids is 2. The molecule has 1 fully saturated rings. The number of anilines is 1. The molecule has 2 aromatic heterocycles. The van der Waals surface area contributed by atoms with Crippen LogP contribution in [0.15, 0.2) is 78.9 Å². The van der Waals surface area contributed by atoms with E-state index in [-0.39, 0.29) is 11.3 Å². The lowest BCUT2D eigenvalue weighted by Gasteiger charge is -2.25. The molecule has 1 N–H and O–H groups in total. The van der Waals surface area contributed by atoms with Gasteiger partial charge in [0.25, 0.3) is 11.7 Å². The molecular formula is C21H14ClN3O3. The summed E-state index contributed by atoms with van der Waals surface area (Å²) < 4.78 is 0. The number of nitrogens with zero attached hydrogens (tertiary/aromatic N) is 3. The number of amides is 1. The summed E-state index contributed by atoms with van der Waals surface area (Å²) in [5.74, 6) is -1.73. The van der Waals surface area contributed by atoms with Gasteiger partial charge in [-0.05, 0) is 54.1 Å². The quantitative estimate of drug-likeness (QED) is 0.417. The molecule has 0 saturated carbocycles. The maximum absolute atomic E-state index is 12.9. The Balaban J connectivity index is 1.94.